The number of methoxy groups -OCH3 is 1. The summed E-state index contributed by atoms with van der Waals surface area (Å²) in [5.41, 5.74) is 0.458. The highest BCUT2D eigenvalue weighted by Crippen LogP contribution is 2.32. The Kier molecular flexibility index (Phi) is 3.80. The summed E-state index contributed by atoms with van der Waals surface area (Å²) < 4.78 is 20.3. The minimum atomic E-state index is -0.274. The number of ether oxygens (including phenoxy) is 1. The van der Waals surface area contributed by atoms with E-state index in [-0.39, 0.29) is 11.9 Å². The summed E-state index contributed by atoms with van der Waals surface area (Å²) in [6, 6.07) is 15.1. The van der Waals surface area contributed by atoms with Crippen molar-refractivity contribution >= 4 is 27.1 Å². The molecular formula is C17H16FNOS. The topological polar surface area (TPSA) is 21.3 Å². The van der Waals surface area contributed by atoms with Crippen LogP contribution in [0.2, 0.25) is 0 Å². The molecule has 0 radical (unpaired) electrons. The van der Waals surface area contributed by atoms with Gasteiger partial charge in [-0.2, -0.15) is 0 Å². The molecule has 3 rings (SSSR count). The zero-order chi connectivity index (χ0) is 14.8. The Hall–Kier alpha value is -2.07. The number of hydrogen-bond donors (Lipinski definition) is 1. The SMILES string of the molecule is COc1ccc(F)c(NC(C)c2cc3ccccc3s2)c1. The predicted molar refractivity (Wildman–Crippen MR) is 86.8 cm³/mol. The Balaban J connectivity index is 1.87. The number of thiophene rings is 1. The second kappa shape index (κ2) is 5.74. The van der Waals surface area contributed by atoms with Crippen molar-refractivity contribution in [1.82, 2.24) is 0 Å². The molecule has 0 fully saturated rings. The van der Waals surface area contributed by atoms with Crippen LogP contribution in [0.15, 0.2) is 48.5 Å². The van der Waals surface area contributed by atoms with Crippen molar-refractivity contribution in [3.8, 4) is 5.75 Å². The van der Waals surface area contributed by atoms with Crippen LogP contribution >= 0.6 is 11.3 Å². The maximum absolute atomic E-state index is 13.9. The first-order valence-corrected chi connectivity index (χ1v) is 7.57. The normalized spacial score (nSPS) is 12.3. The van der Waals surface area contributed by atoms with Gasteiger partial charge in [0.05, 0.1) is 18.8 Å². The monoisotopic (exact) mass is 301 g/mol. The van der Waals surface area contributed by atoms with E-state index in [0.29, 0.717) is 11.4 Å². The second-order valence-corrected chi connectivity index (χ2v) is 6.01. The van der Waals surface area contributed by atoms with Gasteiger partial charge in [-0.15, -0.1) is 11.3 Å². The zero-order valence-corrected chi connectivity index (χ0v) is 12.7. The lowest BCUT2D eigenvalue weighted by Gasteiger charge is -2.15. The number of hydrogen-bond acceptors (Lipinski definition) is 3. The first-order chi connectivity index (χ1) is 10.2. The second-order valence-electron chi connectivity index (χ2n) is 4.90. The lowest BCUT2D eigenvalue weighted by atomic mass is 10.2. The molecule has 0 saturated carbocycles. The molecule has 4 heteroatoms. The summed E-state index contributed by atoms with van der Waals surface area (Å²) in [4.78, 5) is 1.18. The molecule has 3 aromatic rings. The van der Waals surface area contributed by atoms with Crippen LogP contribution in [0.3, 0.4) is 0 Å². The van der Waals surface area contributed by atoms with Gasteiger partial charge in [0.1, 0.15) is 11.6 Å². The lowest BCUT2D eigenvalue weighted by Crippen LogP contribution is -2.06. The first-order valence-electron chi connectivity index (χ1n) is 6.76. The molecule has 21 heavy (non-hydrogen) atoms. The van der Waals surface area contributed by atoms with E-state index in [0.717, 1.165) is 0 Å². The van der Waals surface area contributed by atoms with Gasteiger partial charge in [0.2, 0.25) is 0 Å². The van der Waals surface area contributed by atoms with Gasteiger partial charge < -0.3 is 10.1 Å². The Labute approximate surface area is 127 Å². The molecule has 2 nitrogen and oxygen atoms in total. The fourth-order valence-corrected chi connectivity index (χ4v) is 3.33. The fraction of sp³-hybridized carbons (Fsp3) is 0.176. The van der Waals surface area contributed by atoms with E-state index < -0.39 is 0 Å². The molecule has 0 saturated heterocycles. The molecule has 1 aromatic heterocycles. The maximum atomic E-state index is 13.9. The molecule has 0 aliphatic carbocycles. The van der Waals surface area contributed by atoms with Gasteiger partial charge in [-0.25, -0.2) is 4.39 Å². The highest BCUT2D eigenvalue weighted by atomic mass is 32.1. The average molecular weight is 301 g/mol. The van der Waals surface area contributed by atoms with Crippen molar-refractivity contribution in [2.45, 2.75) is 13.0 Å². The smallest absolute Gasteiger partial charge is 0.146 e. The Morgan fingerprint density at radius 2 is 1.95 bits per heavy atom. The van der Waals surface area contributed by atoms with Gasteiger partial charge in [-0.1, -0.05) is 18.2 Å². The molecular weight excluding hydrogens is 285 g/mol. The van der Waals surface area contributed by atoms with Gasteiger partial charge in [0, 0.05) is 15.6 Å². The molecule has 2 aromatic carbocycles. The van der Waals surface area contributed by atoms with Crippen molar-refractivity contribution in [1.29, 1.82) is 0 Å². The van der Waals surface area contributed by atoms with E-state index in [2.05, 4.69) is 23.5 Å². The van der Waals surface area contributed by atoms with Crippen LogP contribution in [0, 0.1) is 5.82 Å². The van der Waals surface area contributed by atoms with Gasteiger partial charge in [-0.3, -0.25) is 0 Å². The molecule has 0 aliphatic heterocycles. The summed E-state index contributed by atoms with van der Waals surface area (Å²) in [5.74, 6) is 0.367. The molecule has 1 heterocycles. The Morgan fingerprint density at radius 3 is 2.71 bits per heavy atom. The van der Waals surface area contributed by atoms with E-state index in [1.165, 1.54) is 21.0 Å². The standard InChI is InChI=1S/C17H16FNOS/c1-11(17-9-12-5-3-4-6-16(12)21-17)19-15-10-13(20-2)7-8-14(15)18/h3-11,19H,1-2H3. The van der Waals surface area contributed by atoms with Gasteiger partial charge in [0.25, 0.3) is 0 Å². The molecule has 0 amide bonds. The van der Waals surface area contributed by atoms with Crippen LogP contribution in [0.25, 0.3) is 10.1 Å². The highest BCUT2D eigenvalue weighted by Gasteiger charge is 2.12. The van der Waals surface area contributed by atoms with Crippen LogP contribution in [0.1, 0.15) is 17.8 Å². The predicted octanol–water partition coefficient (Wildman–Crippen LogP) is 5.22. The van der Waals surface area contributed by atoms with Crippen molar-refractivity contribution < 1.29 is 9.13 Å². The van der Waals surface area contributed by atoms with Gasteiger partial charge in [-0.05, 0) is 36.6 Å². The molecule has 0 spiro atoms. The zero-order valence-electron chi connectivity index (χ0n) is 11.9. The van der Waals surface area contributed by atoms with Crippen LogP contribution in [0.5, 0.6) is 5.75 Å². The fourth-order valence-electron chi connectivity index (χ4n) is 2.26. The van der Waals surface area contributed by atoms with E-state index in [1.807, 2.05) is 19.1 Å². The number of halogens is 1. The minimum absolute atomic E-state index is 0.0315. The van der Waals surface area contributed by atoms with E-state index >= 15 is 0 Å². The number of benzene rings is 2. The largest absolute Gasteiger partial charge is 0.497 e. The number of nitrogens with one attached hydrogen (secondary N) is 1. The van der Waals surface area contributed by atoms with Crippen LogP contribution < -0.4 is 10.1 Å². The number of anilines is 1. The van der Waals surface area contributed by atoms with Crippen LogP contribution in [-0.2, 0) is 0 Å². The summed E-state index contributed by atoms with van der Waals surface area (Å²) >= 11 is 1.72. The summed E-state index contributed by atoms with van der Waals surface area (Å²) in [5, 5.41) is 4.44. The molecule has 0 aliphatic rings. The number of rotatable bonds is 4. The summed E-state index contributed by atoms with van der Waals surface area (Å²) in [6.45, 7) is 2.03. The molecule has 1 unspecified atom stereocenters. The van der Waals surface area contributed by atoms with Gasteiger partial charge >= 0.3 is 0 Å². The third kappa shape index (κ3) is 2.85. The maximum Gasteiger partial charge on any atom is 0.146 e. The third-order valence-corrected chi connectivity index (χ3v) is 4.72. The van der Waals surface area contributed by atoms with Gasteiger partial charge in [0.15, 0.2) is 0 Å². The summed E-state index contributed by atoms with van der Waals surface area (Å²) in [6.07, 6.45) is 0. The third-order valence-electron chi connectivity index (χ3n) is 3.42. The van der Waals surface area contributed by atoms with Crippen LogP contribution in [0.4, 0.5) is 10.1 Å². The molecule has 0 bridgehead atoms. The van der Waals surface area contributed by atoms with Crippen molar-refractivity contribution in [2.24, 2.45) is 0 Å². The van der Waals surface area contributed by atoms with Crippen molar-refractivity contribution in [2.75, 3.05) is 12.4 Å². The van der Waals surface area contributed by atoms with E-state index in [9.17, 15) is 4.39 Å². The van der Waals surface area contributed by atoms with Crippen LogP contribution in [-0.4, -0.2) is 7.11 Å². The van der Waals surface area contributed by atoms with E-state index in [1.54, 1.807) is 30.6 Å². The van der Waals surface area contributed by atoms with Crippen molar-refractivity contribution in [3.05, 3.63) is 59.2 Å². The average Bonchev–Trinajstić information content (AvgIpc) is 2.93. The molecule has 108 valence electrons. The Morgan fingerprint density at radius 1 is 1.14 bits per heavy atom. The number of fused-ring (bicyclic) bond motifs is 1. The summed E-state index contributed by atoms with van der Waals surface area (Å²) in [7, 11) is 1.58. The van der Waals surface area contributed by atoms with E-state index in [4.69, 9.17) is 4.74 Å². The quantitative estimate of drug-likeness (QED) is 0.713. The first kappa shape index (κ1) is 13.9. The molecule has 1 N–H and O–H groups in total. The van der Waals surface area contributed by atoms with Crippen molar-refractivity contribution in [3.63, 3.8) is 0 Å². The highest BCUT2D eigenvalue weighted by molar-refractivity contribution is 7.19. The minimum Gasteiger partial charge on any atom is -0.497 e. The lowest BCUT2D eigenvalue weighted by molar-refractivity contribution is 0.414. The Bertz CT molecular complexity index is 735. The molecule has 1 atom stereocenters.